The number of aryl methyl sites for hydroxylation is 1. The highest BCUT2D eigenvalue weighted by Gasteiger charge is 2.34. The first kappa shape index (κ1) is 16.6. The highest BCUT2D eigenvalue weighted by molar-refractivity contribution is 5.90. The maximum atomic E-state index is 14.4. The van der Waals surface area contributed by atoms with Crippen LogP contribution >= 0.6 is 0 Å². The molecule has 136 valence electrons. The Hall–Kier alpha value is -2.81. The van der Waals surface area contributed by atoms with Crippen LogP contribution in [0.4, 0.5) is 10.2 Å². The third-order valence-corrected chi connectivity index (χ3v) is 4.46. The van der Waals surface area contributed by atoms with E-state index in [1.807, 2.05) is 0 Å². The largest absolute Gasteiger partial charge is 0.494 e. The Morgan fingerprint density at radius 3 is 3.00 bits per heavy atom. The van der Waals surface area contributed by atoms with Crippen LogP contribution in [0.3, 0.4) is 0 Å². The molecule has 1 aliphatic rings. The van der Waals surface area contributed by atoms with E-state index in [1.165, 1.54) is 13.4 Å². The summed E-state index contributed by atoms with van der Waals surface area (Å²) in [6.45, 7) is 2.96. The van der Waals surface area contributed by atoms with Crippen LogP contribution in [0.15, 0.2) is 23.0 Å². The quantitative estimate of drug-likeness (QED) is 0.743. The van der Waals surface area contributed by atoms with Crippen LogP contribution in [0.2, 0.25) is 0 Å². The number of hydrogen-bond donors (Lipinski definition) is 1. The van der Waals surface area contributed by atoms with Gasteiger partial charge in [-0.1, -0.05) is 5.16 Å². The molecular weight excluding hydrogens is 341 g/mol. The average Bonchev–Trinajstić information content (AvgIpc) is 3.29. The number of aromatic nitrogens is 4. The number of ether oxygens (including phenoxy) is 2. The van der Waals surface area contributed by atoms with Gasteiger partial charge in [0.25, 0.3) is 5.89 Å². The third kappa shape index (κ3) is 2.94. The van der Waals surface area contributed by atoms with Gasteiger partial charge in [-0.3, -0.25) is 0 Å². The maximum absolute atomic E-state index is 14.4. The number of rotatable bonds is 5. The smallest absolute Gasteiger partial charge is 0.256 e. The highest BCUT2D eigenvalue weighted by atomic mass is 19.1. The van der Waals surface area contributed by atoms with Crippen molar-refractivity contribution >= 4 is 16.7 Å². The molecule has 1 aromatic carbocycles. The van der Waals surface area contributed by atoms with Crippen LogP contribution in [-0.2, 0) is 4.74 Å². The summed E-state index contributed by atoms with van der Waals surface area (Å²) < 4.78 is 30.4. The first-order chi connectivity index (χ1) is 12.7. The van der Waals surface area contributed by atoms with Crippen molar-refractivity contribution in [2.45, 2.75) is 19.4 Å². The molecule has 1 aliphatic heterocycles. The van der Waals surface area contributed by atoms with E-state index in [-0.39, 0.29) is 23.3 Å². The van der Waals surface area contributed by atoms with Crippen LogP contribution in [0.1, 0.15) is 24.2 Å². The van der Waals surface area contributed by atoms with Crippen molar-refractivity contribution in [2.24, 2.45) is 5.92 Å². The molecule has 0 amide bonds. The van der Waals surface area contributed by atoms with E-state index in [0.717, 1.165) is 6.42 Å². The van der Waals surface area contributed by atoms with Gasteiger partial charge in [0.05, 0.1) is 7.11 Å². The Morgan fingerprint density at radius 2 is 2.23 bits per heavy atom. The lowest BCUT2D eigenvalue weighted by molar-refractivity contribution is 0.0650. The normalized spacial score (nSPS) is 19.8. The molecule has 9 heteroatoms. The molecule has 1 fully saturated rings. The minimum Gasteiger partial charge on any atom is -0.494 e. The van der Waals surface area contributed by atoms with Gasteiger partial charge in [0, 0.05) is 24.5 Å². The molecule has 2 atom stereocenters. The number of anilines is 1. The minimum atomic E-state index is -0.501. The summed E-state index contributed by atoms with van der Waals surface area (Å²) in [6, 6.07) is 3.30. The van der Waals surface area contributed by atoms with E-state index < -0.39 is 5.82 Å². The van der Waals surface area contributed by atoms with Gasteiger partial charge in [0.2, 0.25) is 0 Å². The van der Waals surface area contributed by atoms with E-state index in [0.29, 0.717) is 36.1 Å². The molecule has 0 spiro atoms. The van der Waals surface area contributed by atoms with Crippen LogP contribution in [0.25, 0.3) is 10.9 Å². The summed E-state index contributed by atoms with van der Waals surface area (Å²) in [7, 11) is 1.42. The van der Waals surface area contributed by atoms with Crippen molar-refractivity contribution in [2.75, 3.05) is 25.6 Å². The summed E-state index contributed by atoms with van der Waals surface area (Å²) in [6.07, 6.45) is 1.93. The van der Waals surface area contributed by atoms with Gasteiger partial charge in [-0.15, -0.1) is 0 Å². The summed E-state index contributed by atoms with van der Waals surface area (Å²) in [4.78, 5) is 12.5. The van der Waals surface area contributed by atoms with Crippen molar-refractivity contribution < 1.29 is 18.4 Å². The van der Waals surface area contributed by atoms with Crippen molar-refractivity contribution in [3.63, 3.8) is 0 Å². The molecule has 26 heavy (non-hydrogen) atoms. The summed E-state index contributed by atoms with van der Waals surface area (Å²) in [5, 5.41) is 7.69. The molecule has 1 saturated heterocycles. The summed E-state index contributed by atoms with van der Waals surface area (Å²) >= 11 is 0. The van der Waals surface area contributed by atoms with E-state index >= 15 is 0 Å². The van der Waals surface area contributed by atoms with Crippen LogP contribution in [0, 0.1) is 18.7 Å². The summed E-state index contributed by atoms with van der Waals surface area (Å²) in [5.41, 5.74) is 0.216. The second kappa shape index (κ2) is 6.83. The molecule has 8 nitrogen and oxygen atoms in total. The van der Waals surface area contributed by atoms with E-state index in [9.17, 15) is 4.39 Å². The fourth-order valence-electron chi connectivity index (χ4n) is 3.15. The van der Waals surface area contributed by atoms with Gasteiger partial charge < -0.3 is 19.3 Å². The predicted molar refractivity (Wildman–Crippen MR) is 90.4 cm³/mol. The van der Waals surface area contributed by atoms with E-state index in [2.05, 4.69) is 25.4 Å². The number of nitrogens with one attached hydrogen (secondary N) is 1. The molecule has 0 aliphatic carbocycles. The van der Waals surface area contributed by atoms with E-state index in [1.54, 1.807) is 19.1 Å². The molecule has 3 aromatic rings. The topological polar surface area (TPSA) is 95.2 Å². The predicted octanol–water partition coefficient (Wildman–Crippen LogP) is 2.66. The molecule has 0 bridgehead atoms. The molecule has 1 N–H and O–H groups in total. The number of fused-ring (bicyclic) bond motifs is 1. The number of halogens is 1. The molecule has 4 rings (SSSR count). The second-order valence-electron chi connectivity index (χ2n) is 6.10. The third-order valence-electron chi connectivity index (χ3n) is 4.46. The lowest BCUT2D eigenvalue weighted by Gasteiger charge is -2.17. The number of methoxy groups -OCH3 is 1. The van der Waals surface area contributed by atoms with Crippen molar-refractivity contribution in [3.05, 3.63) is 36.0 Å². The number of hydrogen-bond acceptors (Lipinski definition) is 8. The van der Waals surface area contributed by atoms with Crippen molar-refractivity contribution in [3.8, 4) is 5.75 Å². The van der Waals surface area contributed by atoms with Crippen LogP contribution < -0.4 is 10.1 Å². The Kier molecular flexibility index (Phi) is 4.37. The zero-order chi connectivity index (χ0) is 18.1. The van der Waals surface area contributed by atoms with Crippen molar-refractivity contribution in [1.82, 2.24) is 20.1 Å². The van der Waals surface area contributed by atoms with Gasteiger partial charge in [0.15, 0.2) is 17.4 Å². The monoisotopic (exact) mass is 359 g/mol. The molecule has 0 unspecified atom stereocenters. The van der Waals surface area contributed by atoms with E-state index in [4.69, 9.17) is 14.0 Å². The Balaban J connectivity index is 1.55. The highest BCUT2D eigenvalue weighted by Crippen LogP contribution is 2.34. The maximum Gasteiger partial charge on any atom is 0.256 e. The zero-order valence-electron chi connectivity index (χ0n) is 14.4. The Morgan fingerprint density at radius 1 is 1.35 bits per heavy atom. The lowest BCUT2D eigenvalue weighted by Crippen LogP contribution is -2.19. The SMILES string of the molecule is COc1ccc2c(NC[C@@H]3CCO[C@@H]3c3nc(C)no3)ncnc2c1F. The molecule has 2 aromatic heterocycles. The number of benzene rings is 1. The average molecular weight is 359 g/mol. The Bertz CT molecular complexity index is 932. The fourth-order valence-corrected chi connectivity index (χ4v) is 3.15. The molecule has 0 saturated carbocycles. The second-order valence-corrected chi connectivity index (χ2v) is 6.10. The van der Waals surface area contributed by atoms with Gasteiger partial charge >= 0.3 is 0 Å². The first-order valence-electron chi connectivity index (χ1n) is 8.30. The number of nitrogens with zero attached hydrogens (tertiary/aromatic N) is 4. The first-order valence-corrected chi connectivity index (χ1v) is 8.30. The molecular formula is C17H18FN5O3. The Labute approximate surface area is 148 Å². The standard InChI is InChI=1S/C17H18FN5O3/c1-9-22-17(26-23-9)15-10(5-6-25-15)7-19-16-11-3-4-12(24-2)13(18)14(11)20-8-21-16/h3-4,8,10,15H,5-7H2,1-2H3,(H,19,20,21)/t10-,15-/m0/s1. The molecule has 0 radical (unpaired) electrons. The van der Waals surface area contributed by atoms with Gasteiger partial charge in [0.1, 0.15) is 23.8 Å². The van der Waals surface area contributed by atoms with Crippen LogP contribution in [-0.4, -0.2) is 40.4 Å². The van der Waals surface area contributed by atoms with Gasteiger partial charge in [-0.2, -0.15) is 4.98 Å². The lowest BCUT2D eigenvalue weighted by atomic mass is 10.0. The summed E-state index contributed by atoms with van der Waals surface area (Å²) in [5.74, 6) is 1.41. The fraction of sp³-hybridized carbons (Fsp3) is 0.412. The zero-order valence-corrected chi connectivity index (χ0v) is 14.4. The van der Waals surface area contributed by atoms with Gasteiger partial charge in [-0.05, 0) is 25.5 Å². The molecule has 3 heterocycles. The minimum absolute atomic E-state index is 0.142. The van der Waals surface area contributed by atoms with Crippen molar-refractivity contribution in [1.29, 1.82) is 0 Å². The van der Waals surface area contributed by atoms with Gasteiger partial charge in [-0.25, -0.2) is 14.4 Å². The van der Waals surface area contributed by atoms with Crippen LogP contribution in [0.5, 0.6) is 5.75 Å².